The number of rotatable bonds is 5. The number of benzene rings is 2. The Bertz CT molecular complexity index is 920. The number of hydrogen-bond acceptors (Lipinski definition) is 5. The topological polar surface area (TPSA) is 95.9 Å². The van der Waals surface area contributed by atoms with E-state index in [1.807, 2.05) is 19.1 Å². The molecule has 0 unspecified atom stereocenters. The summed E-state index contributed by atoms with van der Waals surface area (Å²) in [6, 6.07) is 11.1. The highest BCUT2D eigenvalue weighted by Crippen LogP contribution is 2.25. The van der Waals surface area contributed by atoms with Crippen molar-refractivity contribution in [2.24, 2.45) is 0 Å². The predicted octanol–water partition coefficient (Wildman–Crippen LogP) is 2.23. The highest BCUT2D eigenvalue weighted by molar-refractivity contribution is 7.89. The Morgan fingerprint density at radius 3 is 2.44 bits per heavy atom. The highest BCUT2D eigenvalue weighted by Gasteiger charge is 2.27. The molecule has 1 heterocycles. The molecule has 8 heteroatoms. The number of carbonyl (C=O) groups excluding carboxylic acids is 1. The fraction of sp³-hybridized carbons (Fsp3) is 0.316. The van der Waals surface area contributed by atoms with E-state index in [1.165, 1.54) is 22.5 Å². The summed E-state index contributed by atoms with van der Waals surface area (Å²) in [5.74, 6) is -0.852. The molecule has 1 saturated heterocycles. The number of carbonyl (C=O) groups is 1. The van der Waals surface area contributed by atoms with Crippen LogP contribution in [0.3, 0.4) is 0 Å². The molecule has 0 saturated carbocycles. The molecule has 1 amide bonds. The van der Waals surface area contributed by atoms with Gasteiger partial charge in [-0.3, -0.25) is 4.79 Å². The predicted molar refractivity (Wildman–Crippen MR) is 101 cm³/mol. The largest absolute Gasteiger partial charge is 0.507 e. The molecule has 2 aromatic carbocycles. The first-order valence-corrected chi connectivity index (χ1v) is 10.2. The third-order valence-electron chi connectivity index (χ3n) is 4.44. The number of phenolic OH excluding ortho intramolecular Hbond substituents is 1. The normalized spacial score (nSPS) is 15.4. The van der Waals surface area contributed by atoms with Crippen molar-refractivity contribution in [1.82, 2.24) is 4.31 Å². The summed E-state index contributed by atoms with van der Waals surface area (Å²) in [6.45, 7) is 3.21. The van der Waals surface area contributed by atoms with Crippen LogP contribution in [0.1, 0.15) is 22.8 Å². The molecule has 0 aromatic heterocycles. The average Bonchev–Trinajstić information content (AvgIpc) is 2.69. The third-order valence-corrected chi connectivity index (χ3v) is 6.34. The summed E-state index contributed by atoms with van der Waals surface area (Å²) in [4.78, 5) is 12.5. The Balaban J connectivity index is 1.84. The zero-order valence-electron chi connectivity index (χ0n) is 15.0. The highest BCUT2D eigenvalue weighted by atomic mass is 32.2. The lowest BCUT2D eigenvalue weighted by Gasteiger charge is -2.26. The Hall–Kier alpha value is -2.42. The molecule has 0 bridgehead atoms. The van der Waals surface area contributed by atoms with Gasteiger partial charge in [0.1, 0.15) is 5.75 Å². The van der Waals surface area contributed by atoms with Crippen LogP contribution in [-0.4, -0.2) is 50.0 Å². The number of aryl methyl sites for hydroxylation is 1. The molecule has 0 radical (unpaired) electrons. The summed E-state index contributed by atoms with van der Waals surface area (Å²) in [5, 5.41) is 12.7. The quantitative estimate of drug-likeness (QED) is 0.816. The Labute approximate surface area is 158 Å². The molecule has 7 nitrogen and oxygen atoms in total. The van der Waals surface area contributed by atoms with E-state index in [0.717, 1.165) is 12.0 Å². The lowest BCUT2D eigenvalue weighted by Crippen LogP contribution is -2.40. The molecule has 3 rings (SSSR count). The van der Waals surface area contributed by atoms with Gasteiger partial charge in [0.15, 0.2) is 0 Å². The van der Waals surface area contributed by atoms with Gasteiger partial charge >= 0.3 is 0 Å². The summed E-state index contributed by atoms with van der Waals surface area (Å²) in [6.07, 6.45) is 0.885. The van der Waals surface area contributed by atoms with Crippen LogP contribution >= 0.6 is 0 Å². The number of sulfonamides is 1. The zero-order chi connectivity index (χ0) is 19.4. The van der Waals surface area contributed by atoms with Crippen LogP contribution in [0.4, 0.5) is 5.69 Å². The third kappa shape index (κ3) is 4.29. The lowest BCUT2D eigenvalue weighted by molar-refractivity contribution is 0.0730. The van der Waals surface area contributed by atoms with E-state index in [4.69, 9.17) is 4.74 Å². The van der Waals surface area contributed by atoms with E-state index in [1.54, 1.807) is 12.1 Å². The van der Waals surface area contributed by atoms with Crippen LogP contribution in [0, 0.1) is 0 Å². The maximum absolute atomic E-state index is 12.8. The minimum atomic E-state index is -3.75. The second-order valence-electron chi connectivity index (χ2n) is 6.20. The second kappa shape index (κ2) is 8.08. The van der Waals surface area contributed by atoms with Crippen LogP contribution in [0.5, 0.6) is 5.75 Å². The molecular formula is C19H22N2O5S. The Morgan fingerprint density at radius 1 is 1.15 bits per heavy atom. The Kier molecular flexibility index (Phi) is 5.79. The first-order chi connectivity index (χ1) is 12.9. The smallest absolute Gasteiger partial charge is 0.259 e. The first-order valence-electron chi connectivity index (χ1n) is 8.73. The second-order valence-corrected chi connectivity index (χ2v) is 8.14. The van der Waals surface area contributed by atoms with Gasteiger partial charge in [0.2, 0.25) is 10.0 Å². The molecule has 0 aliphatic carbocycles. The van der Waals surface area contributed by atoms with Crippen molar-refractivity contribution in [2.45, 2.75) is 18.2 Å². The summed E-state index contributed by atoms with van der Waals surface area (Å²) < 4.78 is 32.0. The van der Waals surface area contributed by atoms with Crippen molar-refractivity contribution in [1.29, 1.82) is 0 Å². The minimum Gasteiger partial charge on any atom is -0.507 e. The summed E-state index contributed by atoms with van der Waals surface area (Å²) in [5.41, 5.74) is 1.61. The van der Waals surface area contributed by atoms with Crippen molar-refractivity contribution < 1.29 is 23.1 Å². The number of morpholine rings is 1. The van der Waals surface area contributed by atoms with Gasteiger partial charge in [0, 0.05) is 18.8 Å². The van der Waals surface area contributed by atoms with E-state index in [-0.39, 0.29) is 29.3 Å². The van der Waals surface area contributed by atoms with Crippen molar-refractivity contribution in [2.75, 3.05) is 31.6 Å². The summed E-state index contributed by atoms with van der Waals surface area (Å²) in [7, 11) is -3.75. The van der Waals surface area contributed by atoms with E-state index in [9.17, 15) is 18.3 Å². The van der Waals surface area contributed by atoms with Gasteiger partial charge in [-0.1, -0.05) is 19.1 Å². The van der Waals surface area contributed by atoms with Gasteiger partial charge in [-0.15, -0.1) is 0 Å². The zero-order valence-corrected chi connectivity index (χ0v) is 15.8. The monoisotopic (exact) mass is 390 g/mol. The molecule has 0 atom stereocenters. The first kappa shape index (κ1) is 19.3. The summed E-state index contributed by atoms with van der Waals surface area (Å²) >= 11 is 0. The van der Waals surface area contributed by atoms with Gasteiger partial charge < -0.3 is 15.2 Å². The Morgan fingerprint density at radius 2 is 1.81 bits per heavy atom. The fourth-order valence-corrected chi connectivity index (χ4v) is 4.25. The molecule has 144 valence electrons. The molecule has 2 aromatic rings. The minimum absolute atomic E-state index is 0.0336. The fourth-order valence-electron chi connectivity index (χ4n) is 2.82. The van der Waals surface area contributed by atoms with Crippen molar-refractivity contribution in [3.05, 3.63) is 53.6 Å². The number of hydrogen-bond donors (Lipinski definition) is 2. The number of nitrogens with zero attached hydrogens (tertiary/aromatic N) is 1. The van der Waals surface area contributed by atoms with Crippen molar-refractivity contribution in [3.8, 4) is 5.75 Å². The molecule has 1 aliphatic rings. The number of aromatic hydroxyl groups is 1. The number of phenols is 1. The van der Waals surface area contributed by atoms with Crippen LogP contribution < -0.4 is 5.32 Å². The number of anilines is 1. The van der Waals surface area contributed by atoms with Crippen LogP contribution in [0.15, 0.2) is 47.4 Å². The maximum atomic E-state index is 12.8. The van der Waals surface area contributed by atoms with Crippen LogP contribution in [-0.2, 0) is 21.2 Å². The van der Waals surface area contributed by atoms with E-state index >= 15 is 0 Å². The molecule has 1 aliphatic heterocycles. The van der Waals surface area contributed by atoms with Gasteiger partial charge in [-0.25, -0.2) is 8.42 Å². The molecular weight excluding hydrogens is 368 g/mol. The standard InChI is InChI=1S/C19H22N2O5S/c1-2-14-3-5-15(6-4-14)20-19(23)17-13-16(7-8-18(17)22)27(24,25)21-9-11-26-12-10-21/h3-8,13,22H,2,9-12H2,1H3,(H,20,23). The van der Waals surface area contributed by atoms with E-state index in [2.05, 4.69) is 5.32 Å². The molecule has 27 heavy (non-hydrogen) atoms. The lowest BCUT2D eigenvalue weighted by atomic mass is 10.1. The van der Waals surface area contributed by atoms with E-state index < -0.39 is 15.9 Å². The van der Waals surface area contributed by atoms with Gasteiger partial charge in [0.05, 0.1) is 23.7 Å². The number of ether oxygens (including phenoxy) is 1. The van der Waals surface area contributed by atoms with Gasteiger partial charge in [-0.2, -0.15) is 4.31 Å². The van der Waals surface area contributed by atoms with Gasteiger partial charge in [-0.05, 0) is 42.3 Å². The van der Waals surface area contributed by atoms with E-state index in [0.29, 0.717) is 18.9 Å². The van der Waals surface area contributed by atoms with Crippen molar-refractivity contribution in [3.63, 3.8) is 0 Å². The van der Waals surface area contributed by atoms with Crippen LogP contribution in [0.25, 0.3) is 0 Å². The molecule has 2 N–H and O–H groups in total. The van der Waals surface area contributed by atoms with Crippen molar-refractivity contribution >= 4 is 21.6 Å². The molecule has 1 fully saturated rings. The number of amides is 1. The maximum Gasteiger partial charge on any atom is 0.259 e. The van der Waals surface area contributed by atoms with Crippen LogP contribution in [0.2, 0.25) is 0 Å². The number of nitrogens with one attached hydrogen (secondary N) is 1. The SMILES string of the molecule is CCc1ccc(NC(=O)c2cc(S(=O)(=O)N3CCOCC3)ccc2O)cc1. The molecule has 0 spiro atoms. The van der Waals surface area contributed by atoms with Gasteiger partial charge in [0.25, 0.3) is 5.91 Å². The average molecular weight is 390 g/mol.